The highest BCUT2D eigenvalue weighted by Crippen LogP contribution is 2.20. The van der Waals surface area contributed by atoms with Crippen molar-refractivity contribution in [2.45, 2.75) is 33.1 Å². The molecule has 1 rings (SSSR count). The van der Waals surface area contributed by atoms with Crippen LogP contribution >= 0.6 is 0 Å². The zero-order valence-corrected chi connectivity index (χ0v) is 10.3. The lowest BCUT2D eigenvalue weighted by atomic mass is 10.0. The molecule has 0 radical (unpaired) electrons. The Labute approximate surface area is 97.4 Å². The van der Waals surface area contributed by atoms with E-state index in [9.17, 15) is 0 Å². The smallest absolute Gasteiger partial charge is 0.116 e. The first kappa shape index (κ1) is 12.7. The number of aliphatic imine (C=N–C) groups is 1. The third-order valence-corrected chi connectivity index (χ3v) is 2.44. The largest absolute Gasteiger partial charge is 0.288 e. The van der Waals surface area contributed by atoms with Crippen LogP contribution in [-0.4, -0.2) is 23.7 Å². The van der Waals surface area contributed by atoms with E-state index in [2.05, 4.69) is 24.0 Å². The summed E-state index contributed by atoms with van der Waals surface area (Å²) in [6.07, 6.45) is 4.96. The molecule has 88 valence electrons. The molecule has 0 saturated carbocycles. The first-order chi connectivity index (χ1) is 7.63. The van der Waals surface area contributed by atoms with Crippen LogP contribution < -0.4 is 0 Å². The summed E-state index contributed by atoms with van der Waals surface area (Å²) in [6, 6.07) is 6.27. The highest BCUT2D eigenvalue weighted by molar-refractivity contribution is 5.62. The maximum Gasteiger partial charge on any atom is 0.116 e. The Morgan fingerprint density at radius 1 is 1.44 bits per heavy atom. The Bertz CT molecular complexity index is 359. The van der Waals surface area contributed by atoms with Crippen molar-refractivity contribution in [2.24, 2.45) is 4.99 Å². The van der Waals surface area contributed by atoms with Crippen molar-refractivity contribution in [1.82, 2.24) is 5.06 Å². The van der Waals surface area contributed by atoms with E-state index in [1.165, 1.54) is 31.8 Å². The standard InChI is InChI=1S/C13H20N2O/c1-4-5-6-12-7-8-13(11(2)9-12)14-10-15(3)16/h7-10,16H,4-6H2,1-3H3. The minimum atomic E-state index is 0.904. The molecule has 0 atom stereocenters. The van der Waals surface area contributed by atoms with E-state index in [-0.39, 0.29) is 0 Å². The van der Waals surface area contributed by atoms with Gasteiger partial charge in [-0.2, -0.15) is 0 Å². The summed E-state index contributed by atoms with van der Waals surface area (Å²) in [5.74, 6) is 0. The van der Waals surface area contributed by atoms with Crippen LogP contribution in [0.2, 0.25) is 0 Å². The fourth-order valence-corrected chi connectivity index (χ4v) is 1.54. The average Bonchev–Trinajstić information content (AvgIpc) is 2.24. The quantitative estimate of drug-likeness (QED) is 0.469. The van der Waals surface area contributed by atoms with Crippen molar-refractivity contribution in [1.29, 1.82) is 0 Å². The second-order valence-corrected chi connectivity index (χ2v) is 4.04. The van der Waals surface area contributed by atoms with Gasteiger partial charge in [-0.05, 0) is 37.0 Å². The number of hydroxylamine groups is 2. The summed E-state index contributed by atoms with van der Waals surface area (Å²) >= 11 is 0. The van der Waals surface area contributed by atoms with Crippen LogP contribution in [0.15, 0.2) is 23.2 Å². The summed E-state index contributed by atoms with van der Waals surface area (Å²) < 4.78 is 0. The predicted octanol–water partition coefficient (Wildman–Crippen LogP) is 3.32. The molecule has 0 aliphatic rings. The number of benzene rings is 1. The molecule has 16 heavy (non-hydrogen) atoms. The maximum atomic E-state index is 8.96. The molecule has 3 nitrogen and oxygen atoms in total. The topological polar surface area (TPSA) is 35.8 Å². The molecule has 1 N–H and O–H groups in total. The van der Waals surface area contributed by atoms with Gasteiger partial charge < -0.3 is 0 Å². The molecule has 0 unspecified atom stereocenters. The van der Waals surface area contributed by atoms with Crippen LogP contribution in [0.5, 0.6) is 0 Å². The summed E-state index contributed by atoms with van der Waals surface area (Å²) in [7, 11) is 1.54. The SMILES string of the molecule is CCCCc1ccc(N=CN(C)O)c(C)c1. The normalized spacial score (nSPS) is 11.0. The predicted molar refractivity (Wildman–Crippen MR) is 67.5 cm³/mol. The van der Waals surface area contributed by atoms with Crippen LogP contribution in [0.1, 0.15) is 30.9 Å². The Hall–Kier alpha value is -1.35. The Kier molecular flexibility index (Phi) is 4.99. The molecule has 0 bridgehead atoms. The third-order valence-electron chi connectivity index (χ3n) is 2.44. The molecule has 3 heteroatoms. The van der Waals surface area contributed by atoms with Crippen LogP contribution in [0.4, 0.5) is 5.69 Å². The third kappa shape index (κ3) is 4.03. The molecular formula is C13H20N2O. The molecule has 0 spiro atoms. The molecule has 0 aliphatic heterocycles. The van der Waals surface area contributed by atoms with Gasteiger partial charge in [0.1, 0.15) is 6.34 Å². The van der Waals surface area contributed by atoms with Gasteiger partial charge in [0.25, 0.3) is 0 Å². The minimum Gasteiger partial charge on any atom is -0.288 e. The molecule has 0 fully saturated rings. The number of unbranched alkanes of at least 4 members (excludes halogenated alkanes) is 1. The van der Waals surface area contributed by atoms with Crippen molar-refractivity contribution >= 4 is 12.0 Å². The molecular weight excluding hydrogens is 200 g/mol. The van der Waals surface area contributed by atoms with Crippen LogP contribution in [0.3, 0.4) is 0 Å². The van der Waals surface area contributed by atoms with E-state index in [4.69, 9.17) is 5.21 Å². The van der Waals surface area contributed by atoms with E-state index in [0.29, 0.717) is 0 Å². The fourth-order valence-electron chi connectivity index (χ4n) is 1.54. The molecule has 1 aromatic rings. The van der Waals surface area contributed by atoms with Gasteiger partial charge >= 0.3 is 0 Å². The number of hydrogen-bond donors (Lipinski definition) is 1. The van der Waals surface area contributed by atoms with Gasteiger partial charge in [0.05, 0.1) is 5.69 Å². The lowest BCUT2D eigenvalue weighted by Gasteiger charge is -2.06. The van der Waals surface area contributed by atoms with Gasteiger partial charge in [-0.15, -0.1) is 0 Å². The summed E-state index contributed by atoms with van der Waals surface area (Å²) in [5, 5.41) is 9.91. The van der Waals surface area contributed by atoms with Gasteiger partial charge in [0.15, 0.2) is 0 Å². The molecule has 0 heterocycles. The van der Waals surface area contributed by atoms with Crippen LogP contribution in [0.25, 0.3) is 0 Å². The molecule has 0 aliphatic carbocycles. The maximum absolute atomic E-state index is 8.96. The zero-order chi connectivity index (χ0) is 12.0. The van der Waals surface area contributed by atoms with Gasteiger partial charge in [-0.25, -0.2) is 10.1 Å². The van der Waals surface area contributed by atoms with Crippen LogP contribution in [0, 0.1) is 6.92 Å². The molecule has 0 saturated heterocycles. The number of aryl methyl sites for hydroxylation is 2. The Balaban J connectivity index is 2.75. The lowest BCUT2D eigenvalue weighted by molar-refractivity contribution is 0.0200. The zero-order valence-electron chi connectivity index (χ0n) is 10.3. The molecule has 0 amide bonds. The van der Waals surface area contributed by atoms with E-state index in [0.717, 1.165) is 22.7 Å². The number of nitrogens with zero attached hydrogens (tertiary/aromatic N) is 2. The highest BCUT2D eigenvalue weighted by atomic mass is 16.5. The lowest BCUT2D eigenvalue weighted by Crippen LogP contribution is -2.08. The minimum absolute atomic E-state index is 0.904. The second-order valence-electron chi connectivity index (χ2n) is 4.04. The first-order valence-electron chi connectivity index (χ1n) is 5.69. The van der Waals surface area contributed by atoms with Crippen molar-refractivity contribution in [3.05, 3.63) is 29.3 Å². The average molecular weight is 220 g/mol. The van der Waals surface area contributed by atoms with Gasteiger partial charge in [-0.1, -0.05) is 25.5 Å². The Morgan fingerprint density at radius 3 is 2.75 bits per heavy atom. The monoisotopic (exact) mass is 220 g/mol. The summed E-state index contributed by atoms with van der Waals surface area (Å²) in [4.78, 5) is 4.18. The van der Waals surface area contributed by atoms with Gasteiger partial charge in [0.2, 0.25) is 0 Å². The van der Waals surface area contributed by atoms with Crippen molar-refractivity contribution < 1.29 is 5.21 Å². The van der Waals surface area contributed by atoms with E-state index < -0.39 is 0 Å². The number of rotatable bonds is 5. The van der Waals surface area contributed by atoms with Crippen molar-refractivity contribution in [3.63, 3.8) is 0 Å². The molecule has 1 aromatic carbocycles. The number of hydrogen-bond acceptors (Lipinski definition) is 2. The van der Waals surface area contributed by atoms with E-state index in [1.807, 2.05) is 13.0 Å². The Morgan fingerprint density at radius 2 is 2.19 bits per heavy atom. The molecule has 0 aromatic heterocycles. The van der Waals surface area contributed by atoms with Crippen molar-refractivity contribution in [3.8, 4) is 0 Å². The van der Waals surface area contributed by atoms with Gasteiger partial charge in [0, 0.05) is 7.05 Å². The first-order valence-corrected chi connectivity index (χ1v) is 5.69. The van der Waals surface area contributed by atoms with Crippen LogP contribution in [-0.2, 0) is 6.42 Å². The van der Waals surface area contributed by atoms with Crippen molar-refractivity contribution in [2.75, 3.05) is 7.05 Å². The van der Waals surface area contributed by atoms with E-state index in [1.54, 1.807) is 0 Å². The van der Waals surface area contributed by atoms with E-state index >= 15 is 0 Å². The van der Waals surface area contributed by atoms with Gasteiger partial charge in [-0.3, -0.25) is 5.21 Å². The summed E-state index contributed by atoms with van der Waals surface area (Å²) in [6.45, 7) is 4.24. The fraction of sp³-hybridized carbons (Fsp3) is 0.462. The summed E-state index contributed by atoms with van der Waals surface area (Å²) in [5.41, 5.74) is 3.41. The second kappa shape index (κ2) is 6.28. The highest BCUT2D eigenvalue weighted by Gasteiger charge is 1.98.